The zero-order chi connectivity index (χ0) is 13.1. The van der Waals surface area contributed by atoms with Crippen molar-refractivity contribution in [1.82, 2.24) is 4.98 Å². The van der Waals surface area contributed by atoms with Gasteiger partial charge in [-0.25, -0.2) is 9.78 Å². The van der Waals surface area contributed by atoms with Gasteiger partial charge in [-0.15, -0.1) is 11.3 Å². The molecule has 5 heteroatoms. The lowest BCUT2D eigenvalue weighted by Gasteiger charge is -1.99. The average Bonchev–Trinajstić information content (AvgIpc) is 2.73. The predicted molar refractivity (Wildman–Crippen MR) is 76.5 cm³/mol. The first-order valence-electron chi connectivity index (χ1n) is 5.41. The molecule has 0 amide bonds. The smallest absolute Gasteiger partial charge is 0.347 e. The van der Waals surface area contributed by atoms with E-state index in [9.17, 15) is 4.79 Å². The zero-order valence-electron chi connectivity index (χ0n) is 10.1. The summed E-state index contributed by atoms with van der Waals surface area (Å²) >= 11 is 3.00. The summed E-state index contributed by atoms with van der Waals surface area (Å²) in [5.41, 5.74) is 2.81. The Bertz CT molecular complexity index is 561. The second kappa shape index (κ2) is 5.54. The Labute approximate surface area is 114 Å². The van der Waals surface area contributed by atoms with Crippen molar-refractivity contribution >= 4 is 29.1 Å². The second-order valence-corrected chi connectivity index (χ2v) is 5.73. The van der Waals surface area contributed by atoms with Gasteiger partial charge in [-0.3, -0.25) is 0 Å². The van der Waals surface area contributed by atoms with E-state index in [0.717, 1.165) is 16.3 Å². The van der Waals surface area contributed by atoms with Crippen molar-refractivity contribution in [2.24, 2.45) is 0 Å². The van der Waals surface area contributed by atoms with Gasteiger partial charge in [0.25, 0.3) is 0 Å². The summed E-state index contributed by atoms with van der Waals surface area (Å²) in [6.45, 7) is 1.73. The number of aromatic nitrogens is 1. The van der Waals surface area contributed by atoms with E-state index in [1.807, 2.05) is 12.1 Å². The molecule has 1 aromatic heterocycles. The summed E-state index contributed by atoms with van der Waals surface area (Å²) < 4.78 is 0. The summed E-state index contributed by atoms with van der Waals surface area (Å²) in [7, 11) is 0. The fraction of sp³-hybridized carbons (Fsp3) is 0.231. The number of thioether (sulfide) groups is 1. The van der Waals surface area contributed by atoms with Crippen LogP contribution in [0.3, 0.4) is 0 Å². The van der Waals surface area contributed by atoms with Crippen molar-refractivity contribution in [2.75, 3.05) is 6.26 Å². The normalized spacial score (nSPS) is 10.6. The third kappa shape index (κ3) is 2.73. The van der Waals surface area contributed by atoms with E-state index in [-0.39, 0.29) is 0 Å². The molecule has 0 saturated heterocycles. The molecule has 94 valence electrons. The molecule has 0 fully saturated rings. The van der Waals surface area contributed by atoms with Crippen LogP contribution in [0.25, 0.3) is 10.6 Å². The van der Waals surface area contributed by atoms with E-state index in [0.29, 0.717) is 10.6 Å². The topological polar surface area (TPSA) is 50.2 Å². The lowest BCUT2D eigenvalue weighted by Crippen LogP contribution is -1.94. The van der Waals surface area contributed by atoms with Crippen molar-refractivity contribution in [3.05, 3.63) is 40.4 Å². The van der Waals surface area contributed by atoms with Crippen LogP contribution in [-0.4, -0.2) is 22.3 Å². The molecule has 1 N–H and O–H groups in total. The molecule has 0 radical (unpaired) electrons. The molecule has 18 heavy (non-hydrogen) atoms. The van der Waals surface area contributed by atoms with E-state index in [1.54, 1.807) is 18.7 Å². The highest BCUT2D eigenvalue weighted by Crippen LogP contribution is 2.28. The van der Waals surface area contributed by atoms with Gasteiger partial charge in [-0.05, 0) is 18.7 Å². The molecule has 0 bridgehead atoms. The second-order valence-electron chi connectivity index (χ2n) is 3.87. The highest BCUT2D eigenvalue weighted by atomic mass is 32.2. The predicted octanol–water partition coefficient (Wildman–Crippen LogP) is 3.68. The van der Waals surface area contributed by atoms with Crippen molar-refractivity contribution in [3.8, 4) is 10.6 Å². The average molecular weight is 279 g/mol. The number of carboxylic acid groups (broad SMARTS) is 1. The molecule has 1 heterocycles. The minimum Gasteiger partial charge on any atom is -0.477 e. The quantitative estimate of drug-likeness (QED) is 0.927. The number of aryl methyl sites for hydroxylation is 1. The Morgan fingerprint density at radius 2 is 2.06 bits per heavy atom. The molecule has 0 spiro atoms. The summed E-state index contributed by atoms with van der Waals surface area (Å²) in [5, 5.41) is 9.77. The number of hydrogen-bond donors (Lipinski definition) is 1. The third-order valence-electron chi connectivity index (χ3n) is 2.50. The fourth-order valence-corrected chi connectivity index (χ4v) is 3.06. The molecule has 0 aliphatic heterocycles. The van der Waals surface area contributed by atoms with Crippen LogP contribution in [0.15, 0.2) is 24.3 Å². The largest absolute Gasteiger partial charge is 0.477 e. The number of aromatic carboxylic acids is 1. The van der Waals surface area contributed by atoms with Crippen molar-refractivity contribution < 1.29 is 9.90 Å². The monoisotopic (exact) mass is 279 g/mol. The molecule has 1 aromatic carbocycles. The summed E-state index contributed by atoms with van der Waals surface area (Å²) in [5.74, 6) is 0.0765. The molecule has 2 aromatic rings. The number of carbonyl (C=O) groups is 1. The summed E-state index contributed by atoms with van der Waals surface area (Å²) in [6.07, 6.45) is 2.07. The van der Waals surface area contributed by atoms with Crippen molar-refractivity contribution in [2.45, 2.75) is 12.7 Å². The Morgan fingerprint density at radius 1 is 1.39 bits per heavy atom. The molecule has 2 rings (SSSR count). The summed E-state index contributed by atoms with van der Waals surface area (Å²) in [4.78, 5) is 15.6. The molecule has 0 atom stereocenters. The van der Waals surface area contributed by atoms with Crippen LogP contribution >= 0.6 is 23.1 Å². The highest BCUT2D eigenvalue weighted by Gasteiger charge is 2.14. The first-order valence-corrected chi connectivity index (χ1v) is 7.62. The van der Waals surface area contributed by atoms with Gasteiger partial charge in [-0.2, -0.15) is 11.8 Å². The Morgan fingerprint density at radius 3 is 2.56 bits per heavy atom. The molecule has 0 unspecified atom stereocenters. The van der Waals surface area contributed by atoms with Gasteiger partial charge < -0.3 is 5.11 Å². The fourth-order valence-electron chi connectivity index (χ4n) is 1.63. The number of hydrogen-bond acceptors (Lipinski definition) is 4. The number of thiazole rings is 1. The van der Waals surface area contributed by atoms with Gasteiger partial charge in [0.1, 0.15) is 9.88 Å². The van der Waals surface area contributed by atoms with Crippen molar-refractivity contribution in [1.29, 1.82) is 0 Å². The zero-order valence-corrected chi connectivity index (χ0v) is 11.8. The lowest BCUT2D eigenvalue weighted by atomic mass is 10.2. The molecule has 0 saturated carbocycles. The minimum absolute atomic E-state index is 0.318. The SMILES string of the molecule is CSCc1ccc(-c2nc(C)c(C(=O)O)s2)cc1. The highest BCUT2D eigenvalue weighted by molar-refractivity contribution is 7.97. The number of nitrogens with zero attached hydrogens (tertiary/aromatic N) is 1. The maximum Gasteiger partial charge on any atom is 0.347 e. The molecule has 0 aliphatic carbocycles. The van der Waals surface area contributed by atoms with Crippen LogP contribution in [-0.2, 0) is 5.75 Å². The van der Waals surface area contributed by atoms with Gasteiger partial charge in [0, 0.05) is 11.3 Å². The first kappa shape index (κ1) is 13.1. The van der Waals surface area contributed by atoms with Crippen molar-refractivity contribution in [3.63, 3.8) is 0 Å². The summed E-state index contributed by atoms with van der Waals surface area (Å²) in [6, 6.07) is 8.11. The molecular formula is C13H13NO2S2. The minimum atomic E-state index is -0.907. The maximum atomic E-state index is 11.0. The van der Waals surface area contributed by atoms with E-state index >= 15 is 0 Å². The standard InChI is InChI=1S/C13H13NO2S2/c1-8-11(13(15)16)18-12(14-8)10-5-3-9(4-6-10)7-17-2/h3-6H,7H2,1-2H3,(H,15,16). The van der Waals surface area contributed by atoms with Gasteiger partial charge in [0.15, 0.2) is 0 Å². The Balaban J connectivity index is 2.31. The molecule has 0 aliphatic rings. The van der Waals surface area contributed by atoms with E-state index in [2.05, 4.69) is 23.4 Å². The van der Waals surface area contributed by atoms with Crippen LogP contribution in [0, 0.1) is 6.92 Å². The van der Waals surface area contributed by atoms with Gasteiger partial charge >= 0.3 is 5.97 Å². The van der Waals surface area contributed by atoms with Crippen LogP contribution in [0.5, 0.6) is 0 Å². The number of benzene rings is 1. The molecule has 3 nitrogen and oxygen atoms in total. The Kier molecular flexibility index (Phi) is 4.04. The third-order valence-corrected chi connectivity index (χ3v) is 4.32. The van der Waals surface area contributed by atoms with Crippen LogP contribution in [0.1, 0.15) is 20.9 Å². The van der Waals surface area contributed by atoms with Gasteiger partial charge in [-0.1, -0.05) is 24.3 Å². The Hall–Kier alpha value is -1.33. The lowest BCUT2D eigenvalue weighted by molar-refractivity contribution is 0.0701. The van der Waals surface area contributed by atoms with Crippen LogP contribution in [0.2, 0.25) is 0 Å². The van der Waals surface area contributed by atoms with E-state index < -0.39 is 5.97 Å². The van der Waals surface area contributed by atoms with Gasteiger partial charge in [0.05, 0.1) is 5.69 Å². The van der Waals surface area contributed by atoms with E-state index in [4.69, 9.17) is 5.11 Å². The van der Waals surface area contributed by atoms with E-state index in [1.165, 1.54) is 16.9 Å². The first-order chi connectivity index (χ1) is 8.61. The van der Waals surface area contributed by atoms with Crippen LogP contribution < -0.4 is 0 Å². The van der Waals surface area contributed by atoms with Crippen LogP contribution in [0.4, 0.5) is 0 Å². The molecular weight excluding hydrogens is 266 g/mol. The maximum absolute atomic E-state index is 11.0. The number of carboxylic acids is 1. The number of rotatable bonds is 4. The van der Waals surface area contributed by atoms with Gasteiger partial charge in [0.2, 0.25) is 0 Å².